The normalized spacial score (nSPS) is 10.1. The molecular formula is C21H16O4. The molecule has 3 aromatic rings. The van der Waals surface area contributed by atoms with Gasteiger partial charge in [-0.1, -0.05) is 48.5 Å². The highest BCUT2D eigenvalue weighted by atomic mass is 16.6. The van der Waals surface area contributed by atoms with E-state index in [1.165, 1.54) is 7.11 Å². The molecule has 4 nitrogen and oxygen atoms in total. The topological polar surface area (TPSA) is 52.6 Å². The Labute approximate surface area is 145 Å². The molecule has 4 heteroatoms. The van der Waals surface area contributed by atoms with E-state index in [4.69, 9.17) is 9.47 Å². The third-order valence-electron chi connectivity index (χ3n) is 3.78. The minimum atomic E-state index is -0.549. The average Bonchev–Trinajstić information content (AvgIpc) is 2.69. The molecule has 0 amide bonds. The van der Waals surface area contributed by atoms with Crippen LogP contribution in [-0.2, 0) is 0 Å². The summed E-state index contributed by atoms with van der Waals surface area (Å²) in [5.74, 6) is -0.0943. The van der Waals surface area contributed by atoms with Crippen molar-refractivity contribution in [3.05, 3.63) is 83.9 Å². The first kappa shape index (κ1) is 16.5. The Morgan fingerprint density at radius 3 is 2.16 bits per heavy atom. The van der Waals surface area contributed by atoms with Gasteiger partial charge in [0, 0.05) is 0 Å². The minimum Gasteiger partial charge on any atom is -0.493 e. The van der Waals surface area contributed by atoms with Crippen molar-refractivity contribution in [3.63, 3.8) is 0 Å². The minimum absolute atomic E-state index is 0.122. The van der Waals surface area contributed by atoms with Gasteiger partial charge in [-0.3, -0.25) is 4.79 Å². The zero-order valence-corrected chi connectivity index (χ0v) is 13.6. The maximum absolute atomic E-state index is 12.4. The summed E-state index contributed by atoms with van der Waals surface area (Å²) < 4.78 is 10.6. The molecule has 0 unspecified atom stereocenters. The average molecular weight is 332 g/mol. The molecule has 0 N–H and O–H groups in total. The maximum Gasteiger partial charge on any atom is 0.343 e. The lowest BCUT2D eigenvalue weighted by Crippen LogP contribution is -2.10. The predicted molar refractivity (Wildman–Crippen MR) is 95.2 cm³/mol. The van der Waals surface area contributed by atoms with Gasteiger partial charge in [-0.15, -0.1) is 0 Å². The second kappa shape index (κ2) is 7.45. The van der Waals surface area contributed by atoms with Gasteiger partial charge < -0.3 is 9.47 Å². The van der Waals surface area contributed by atoms with Crippen molar-refractivity contribution in [1.82, 2.24) is 0 Å². The largest absolute Gasteiger partial charge is 0.493 e. The molecule has 0 saturated heterocycles. The second-order valence-electron chi connectivity index (χ2n) is 5.33. The maximum atomic E-state index is 12.4. The lowest BCUT2D eigenvalue weighted by Gasteiger charge is -2.11. The zero-order valence-electron chi connectivity index (χ0n) is 13.6. The van der Waals surface area contributed by atoms with Gasteiger partial charge in [0.15, 0.2) is 17.8 Å². The molecule has 0 heterocycles. The molecule has 25 heavy (non-hydrogen) atoms. The summed E-state index contributed by atoms with van der Waals surface area (Å²) in [5, 5.41) is 0. The number of aldehydes is 1. The first-order valence-corrected chi connectivity index (χ1v) is 7.73. The number of rotatable bonds is 5. The fourth-order valence-electron chi connectivity index (χ4n) is 2.48. The molecule has 0 aliphatic carbocycles. The Bertz CT molecular complexity index is 884. The molecule has 0 fully saturated rings. The van der Waals surface area contributed by atoms with Crippen molar-refractivity contribution in [2.24, 2.45) is 0 Å². The van der Waals surface area contributed by atoms with Crippen LogP contribution in [0.2, 0.25) is 0 Å². The van der Waals surface area contributed by atoms with E-state index < -0.39 is 5.97 Å². The number of para-hydroxylation sites is 1. The summed E-state index contributed by atoms with van der Waals surface area (Å²) in [6, 6.07) is 21.8. The van der Waals surface area contributed by atoms with Crippen molar-refractivity contribution in [1.29, 1.82) is 0 Å². The Morgan fingerprint density at radius 1 is 0.840 bits per heavy atom. The van der Waals surface area contributed by atoms with Crippen molar-refractivity contribution in [2.45, 2.75) is 0 Å². The lowest BCUT2D eigenvalue weighted by molar-refractivity contribution is 0.0728. The monoisotopic (exact) mass is 332 g/mol. The highest BCUT2D eigenvalue weighted by Gasteiger charge is 2.16. The van der Waals surface area contributed by atoms with Gasteiger partial charge in [0.25, 0.3) is 0 Å². The van der Waals surface area contributed by atoms with Gasteiger partial charge in [-0.05, 0) is 35.4 Å². The van der Waals surface area contributed by atoms with Gasteiger partial charge in [0.2, 0.25) is 0 Å². The first-order chi connectivity index (χ1) is 12.2. The third kappa shape index (κ3) is 3.58. The van der Waals surface area contributed by atoms with Crippen LogP contribution in [0.5, 0.6) is 11.5 Å². The van der Waals surface area contributed by atoms with Crippen molar-refractivity contribution in [3.8, 4) is 22.6 Å². The molecule has 0 atom stereocenters. The van der Waals surface area contributed by atoms with Crippen molar-refractivity contribution >= 4 is 12.3 Å². The molecule has 0 aliphatic heterocycles. The number of benzene rings is 3. The molecule has 0 bridgehead atoms. The summed E-state index contributed by atoms with van der Waals surface area (Å²) in [6.45, 7) is 0. The van der Waals surface area contributed by atoms with E-state index in [1.807, 2.05) is 42.5 Å². The summed E-state index contributed by atoms with van der Waals surface area (Å²) in [4.78, 5) is 23.6. The molecule has 0 aromatic heterocycles. The molecule has 0 spiro atoms. The number of hydrogen-bond donors (Lipinski definition) is 0. The van der Waals surface area contributed by atoms with E-state index in [9.17, 15) is 9.59 Å². The Balaban J connectivity index is 1.84. The number of ether oxygens (including phenoxy) is 2. The first-order valence-electron chi connectivity index (χ1n) is 7.73. The zero-order chi connectivity index (χ0) is 17.6. The van der Waals surface area contributed by atoms with Gasteiger partial charge in [-0.25, -0.2) is 4.79 Å². The van der Waals surface area contributed by atoms with Crippen LogP contribution in [0.1, 0.15) is 20.7 Å². The number of carbonyl (C=O) groups is 2. The third-order valence-corrected chi connectivity index (χ3v) is 3.78. The van der Waals surface area contributed by atoms with Crippen LogP contribution >= 0.6 is 0 Å². The molecule has 3 aromatic carbocycles. The number of carbonyl (C=O) groups excluding carboxylic acids is 2. The predicted octanol–water partition coefficient (Wildman–Crippen LogP) is 4.39. The quantitative estimate of drug-likeness (QED) is 0.395. The van der Waals surface area contributed by atoms with Crippen molar-refractivity contribution < 1.29 is 19.1 Å². The molecular weight excluding hydrogens is 316 g/mol. The van der Waals surface area contributed by atoms with E-state index in [0.717, 1.165) is 11.1 Å². The number of esters is 1. The summed E-state index contributed by atoms with van der Waals surface area (Å²) in [7, 11) is 1.45. The van der Waals surface area contributed by atoms with E-state index in [0.29, 0.717) is 17.6 Å². The second-order valence-corrected chi connectivity index (χ2v) is 5.33. The van der Waals surface area contributed by atoms with Crippen LogP contribution in [0, 0.1) is 0 Å². The summed E-state index contributed by atoms with van der Waals surface area (Å²) in [5.41, 5.74) is 2.72. The molecule has 124 valence electrons. The highest BCUT2D eigenvalue weighted by molar-refractivity contribution is 5.93. The standard InChI is InChI=1S/C21H16O4/c1-24-19-9-5-8-18(14-22)20(19)25-21(23)17-12-10-16(11-13-17)15-6-3-2-4-7-15/h2-14H,1H3. The SMILES string of the molecule is COc1cccc(C=O)c1OC(=O)c1ccc(-c2ccccc2)cc1. The fourth-order valence-corrected chi connectivity index (χ4v) is 2.48. The van der Waals surface area contributed by atoms with E-state index in [1.54, 1.807) is 30.3 Å². The lowest BCUT2D eigenvalue weighted by atomic mass is 10.0. The van der Waals surface area contributed by atoms with Crippen LogP contribution in [0.25, 0.3) is 11.1 Å². The van der Waals surface area contributed by atoms with Crippen LogP contribution < -0.4 is 9.47 Å². The molecule has 0 aliphatic rings. The van der Waals surface area contributed by atoms with Gasteiger partial charge in [0.05, 0.1) is 18.2 Å². The van der Waals surface area contributed by atoms with Gasteiger partial charge >= 0.3 is 5.97 Å². The summed E-state index contributed by atoms with van der Waals surface area (Å²) in [6.07, 6.45) is 0.629. The number of hydrogen-bond acceptors (Lipinski definition) is 4. The molecule has 3 rings (SSSR count). The van der Waals surface area contributed by atoms with Gasteiger partial charge in [0.1, 0.15) is 0 Å². The fraction of sp³-hybridized carbons (Fsp3) is 0.0476. The highest BCUT2D eigenvalue weighted by Crippen LogP contribution is 2.31. The van der Waals surface area contributed by atoms with Crippen LogP contribution in [0.4, 0.5) is 0 Å². The van der Waals surface area contributed by atoms with E-state index in [2.05, 4.69) is 0 Å². The van der Waals surface area contributed by atoms with Gasteiger partial charge in [-0.2, -0.15) is 0 Å². The van der Waals surface area contributed by atoms with E-state index in [-0.39, 0.29) is 11.3 Å². The van der Waals surface area contributed by atoms with E-state index >= 15 is 0 Å². The molecule has 0 saturated carbocycles. The molecule has 0 radical (unpaired) electrons. The Morgan fingerprint density at radius 2 is 1.52 bits per heavy atom. The number of methoxy groups -OCH3 is 1. The van der Waals surface area contributed by atoms with Crippen LogP contribution in [0.3, 0.4) is 0 Å². The van der Waals surface area contributed by atoms with Crippen LogP contribution in [-0.4, -0.2) is 19.4 Å². The van der Waals surface area contributed by atoms with Crippen LogP contribution in [0.15, 0.2) is 72.8 Å². The van der Waals surface area contributed by atoms with Crippen molar-refractivity contribution in [2.75, 3.05) is 7.11 Å². The summed E-state index contributed by atoms with van der Waals surface area (Å²) >= 11 is 0. The smallest absolute Gasteiger partial charge is 0.343 e. The Hall–Kier alpha value is -3.40. The Kier molecular flexibility index (Phi) is 4.90.